The van der Waals surface area contributed by atoms with Gasteiger partial charge in [0.05, 0.1) is 11.6 Å². The molecule has 0 fully saturated rings. The molecular formula is C23H27N3O4. The average molecular weight is 409 g/mol. The monoisotopic (exact) mass is 409 g/mol. The second-order valence-electron chi connectivity index (χ2n) is 8.34. The number of fused-ring (bicyclic) bond motifs is 3. The third-order valence-electron chi connectivity index (χ3n) is 4.80. The van der Waals surface area contributed by atoms with Crippen LogP contribution in [0.3, 0.4) is 0 Å². The number of hydrazine groups is 1. The molecule has 0 radical (unpaired) electrons. The Morgan fingerprint density at radius 2 is 1.63 bits per heavy atom. The first-order valence-electron chi connectivity index (χ1n) is 9.91. The number of rotatable bonds is 3. The summed E-state index contributed by atoms with van der Waals surface area (Å²) in [4.78, 5) is 38.0. The first kappa shape index (κ1) is 21.4. The van der Waals surface area contributed by atoms with Crippen molar-refractivity contribution in [1.82, 2.24) is 10.7 Å². The van der Waals surface area contributed by atoms with Gasteiger partial charge in [0.25, 0.3) is 11.8 Å². The molecule has 2 aromatic carbocycles. The Balaban J connectivity index is 1.86. The van der Waals surface area contributed by atoms with E-state index in [1.807, 2.05) is 49.4 Å². The van der Waals surface area contributed by atoms with E-state index in [0.29, 0.717) is 5.69 Å². The van der Waals surface area contributed by atoms with Gasteiger partial charge in [0.1, 0.15) is 11.6 Å². The van der Waals surface area contributed by atoms with Crippen LogP contribution in [0.25, 0.3) is 11.1 Å². The zero-order chi connectivity index (χ0) is 22.1. The average Bonchev–Trinajstić information content (AvgIpc) is 2.76. The Hall–Kier alpha value is -3.35. The summed E-state index contributed by atoms with van der Waals surface area (Å²) >= 11 is 0. The van der Waals surface area contributed by atoms with E-state index in [1.165, 1.54) is 11.9 Å². The highest BCUT2D eigenvalue weighted by Crippen LogP contribution is 2.39. The van der Waals surface area contributed by atoms with E-state index >= 15 is 0 Å². The molecule has 1 heterocycles. The number of para-hydroxylation sites is 1. The van der Waals surface area contributed by atoms with Crippen LogP contribution < -0.4 is 15.8 Å². The number of benzene rings is 2. The lowest BCUT2D eigenvalue weighted by atomic mass is 9.92. The third kappa shape index (κ3) is 4.45. The Morgan fingerprint density at radius 3 is 2.30 bits per heavy atom. The maximum atomic E-state index is 13.2. The van der Waals surface area contributed by atoms with Crippen molar-refractivity contribution in [2.75, 3.05) is 5.01 Å². The van der Waals surface area contributed by atoms with Crippen molar-refractivity contribution in [3.05, 3.63) is 54.1 Å². The summed E-state index contributed by atoms with van der Waals surface area (Å²) in [6, 6.07) is 14.2. The Kier molecular flexibility index (Phi) is 5.82. The topological polar surface area (TPSA) is 87.7 Å². The number of carbonyl (C=O) groups excluding carboxylic acids is 3. The molecule has 0 aromatic heterocycles. The largest absolute Gasteiger partial charge is 0.444 e. The van der Waals surface area contributed by atoms with Crippen molar-refractivity contribution in [1.29, 1.82) is 0 Å². The van der Waals surface area contributed by atoms with Gasteiger partial charge in [-0.15, -0.1) is 0 Å². The van der Waals surface area contributed by atoms with Gasteiger partial charge in [-0.25, -0.2) is 9.80 Å². The van der Waals surface area contributed by atoms with Crippen molar-refractivity contribution in [3.8, 4) is 11.1 Å². The molecule has 1 aliphatic rings. The Labute approximate surface area is 176 Å². The number of nitrogens with zero attached hydrogens (tertiary/aromatic N) is 1. The fourth-order valence-corrected chi connectivity index (χ4v) is 3.33. The van der Waals surface area contributed by atoms with Crippen molar-refractivity contribution in [3.63, 3.8) is 0 Å². The number of anilines is 1. The van der Waals surface area contributed by atoms with Crippen LogP contribution in [-0.4, -0.2) is 29.6 Å². The van der Waals surface area contributed by atoms with Crippen LogP contribution in [0.1, 0.15) is 46.1 Å². The molecule has 0 saturated heterocycles. The molecule has 7 heteroatoms. The van der Waals surface area contributed by atoms with Crippen molar-refractivity contribution < 1.29 is 19.1 Å². The van der Waals surface area contributed by atoms with Crippen molar-refractivity contribution >= 4 is 23.6 Å². The summed E-state index contributed by atoms with van der Waals surface area (Å²) in [5.74, 6) is -1.24. The number of ether oxygens (including phenoxy) is 1. The molecule has 3 amide bonds. The molecule has 3 rings (SSSR count). The summed E-state index contributed by atoms with van der Waals surface area (Å²) in [6.45, 7) is 8.57. The van der Waals surface area contributed by atoms with Gasteiger partial charge in [0, 0.05) is 5.56 Å². The highest BCUT2D eigenvalue weighted by atomic mass is 16.6. The predicted molar refractivity (Wildman–Crippen MR) is 115 cm³/mol. The molecule has 2 aromatic rings. The molecule has 30 heavy (non-hydrogen) atoms. The number of hydrogen-bond acceptors (Lipinski definition) is 4. The summed E-state index contributed by atoms with van der Waals surface area (Å²) in [5, 5.41) is 3.77. The number of carbonyl (C=O) groups is 3. The van der Waals surface area contributed by atoms with Crippen LogP contribution >= 0.6 is 0 Å². The van der Waals surface area contributed by atoms with Crippen LogP contribution in [0.4, 0.5) is 10.5 Å². The summed E-state index contributed by atoms with van der Waals surface area (Å²) < 4.78 is 5.19. The molecule has 0 bridgehead atoms. The number of nitrogens with one attached hydrogen (secondary N) is 2. The van der Waals surface area contributed by atoms with E-state index in [1.54, 1.807) is 26.8 Å². The second-order valence-corrected chi connectivity index (χ2v) is 8.34. The van der Waals surface area contributed by atoms with Gasteiger partial charge in [-0.1, -0.05) is 42.5 Å². The van der Waals surface area contributed by atoms with Gasteiger partial charge < -0.3 is 10.1 Å². The van der Waals surface area contributed by atoms with E-state index < -0.39 is 29.6 Å². The zero-order valence-corrected chi connectivity index (χ0v) is 17.9. The molecule has 0 saturated carbocycles. The van der Waals surface area contributed by atoms with Crippen LogP contribution in [-0.2, 0) is 14.3 Å². The lowest BCUT2D eigenvalue weighted by molar-refractivity contribution is -0.127. The summed E-state index contributed by atoms with van der Waals surface area (Å²) in [5.41, 5.74) is 5.26. The van der Waals surface area contributed by atoms with Gasteiger partial charge in [-0.3, -0.25) is 15.0 Å². The Morgan fingerprint density at radius 1 is 1.03 bits per heavy atom. The van der Waals surface area contributed by atoms with E-state index in [9.17, 15) is 14.4 Å². The Bertz CT molecular complexity index is 980. The van der Waals surface area contributed by atoms with Gasteiger partial charge >= 0.3 is 6.09 Å². The van der Waals surface area contributed by atoms with Crippen LogP contribution in [0.2, 0.25) is 0 Å². The molecule has 2 atom stereocenters. The summed E-state index contributed by atoms with van der Waals surface area (Å²) in [7, 11) is 0. The van der Waals surface area contributed by atoms with Gasteiger partial charge in [0.2, 0.25) is 0 Å². The molecule has 1 unspecified atom stereocenters. The zero-order valence-electron chi connectivity index (χ0n) is 17.9. The molecule has 0 aliphatic carbocycles. The third-order valence-corrected chi connectivity index (χ3v) is 4.80. The van der Waals surface area contributed by atoms with Crippen LogP contribution in [0.15, 0.2) is 48.5 Å². The smallest absolute Gasteiger partial charge is 0.408 e. The van der Waals surface area contributed by atoms with E-state index in [2.05, 4.69) is 10.7 Å². The minimum absolute atomic E-state index is 0.259. The normalized spacial score (nSPS) is 16.6. The number of hydrogen-bond donors (Lipinski definition) is 2. The summed E-state index contributed by atoms with van der Waals surface area (Å²) in [6.07, 6.45) is -0.700. The molecule has 158 valence electrons. The maximum Gasteiger partial charge on any atom is 0.408 e. The molecule has 7 nitrogen and oxygen atoms in total. The SMILES string of the molecule is CC1C(=O)N(NC(=O)[C@H](C)NC(=O)OC(C)(C)C)c2ccccc2-c2ccccc21. The number of alkyl carbamates (subject to hydrolysis) is 1. The molecule has 2 N–H and O–H groups in total. The standard InChI is InChI=1S/C23H27N3O4/c1-14-16-10-6-7-11-17(16)18-12-8-9-13-19(18)26(21(14)28)25-20(27)15(2)24-22(29)30-23(3,4)5/h6-15H,1-5H3,(H,24,29)(H,25,27)/t14?,15-/m0/s1. The highest BCUT2D eigenvalue weighted by Gasteiger charge is 2.33. The van der Waals surface area contributed by atoms with Crippen molar-refractivity contribution in [2.24, 2.45) is 0 Å². The molecule has 1 aliphatic heterocycles. The van der Waals surface area contributed by atoms with Gasteiger partial charge in [-0.2, -0.15) is 0 Å². The van der Waals surface area contributed by atoms with Crippen molar-refractivity contribution in [2.45, 2.75) is 52.2 Å². The van der Waals surface area contributed by atoms with E-state index in [-0.39, 0.29) is 5.91 Å². The minimum atomic E-state index is -0.902. The first-order chi connectivity index (χ1) is 14.1. The van der Waals surface area contributed by atoms with Gasteiger partial charge in [-0.05, 0) is 51.8 Å². The van der Waals surface area contributed by atoms with Gasteiger partial charge in [0.15, 0.2) is 0 Å². The lowest BCUT2D eigenvalue weighted by Gasteiger charge is -2.27. The maximum absolute atomic E-state index is 13.2. The quantitative estimate of drug-likeness (QED) is 0.808. The fraction of sp³-hybridized carbons (Fsp3) is 0.348. The van der Waals surface area contributed by atoms with E-state index in [0.717, 1.165) is 16.7 Å². The predicted octanol–water partition coefficient (Wildman–Crippen LogP) is 3.75. The fourth-order valence-electron chi connectivity index (χ4n) is 3.33. The van der Waals surface area contributed by atoms with E-state index in [4.69, 9.17) is 4.74 Å². The lowest BCUT2D eigenvalue weighted by Crippen LogP contribution is -2.54. The number of amides is 3. The first-order valence-corrected chi connectivity index (χ1v) is 9.91. The highest BCUT2D eigenvalue weighted by molar-refractivity contribution is 6.06. The van der Waals surface area contributed by atoms with Crippen LogP contribution in [0, 0.1) is 0 Å². The minimum Gasteiger partial charge on any atom is -0.444 e. The van der Waals surface area contributed by atoms with Crippen LogP contribution in [0.5, 0.6) is 0 Å². The molecular weight excluding hydrogens is 382 g/mol. The molecule has 0 spiro atoms. The second kappa shape index (κ2) is 8.18.